The summed E-state index contributed by atoms with van der Waals surface area (Å²) in [6.07, 6.45) is -0.470. The molecule has 5 nitrogen and oxygen atoms in total. The average Bonchev–Trinajstić information content (AvgIpc) is 2.42. The van der Waals surface area contributed by atoms with E-state index in [9.17, 15) is 4.79 Å². The molecule has 22 heavy (non-hydrogen) atoms. The summed E-state index contributed by atoms with van der Waals surface area (Å²) in [6, 6.07) is 5.62. The molecule has 1 aromatic rings. The number of methoxy groups -OCH3 is 1. The quantitative estimate of drug-likeness (QED) is 0.875. The van der Waals surface area contributed by atoms with Gasteiger partial charge in [-0.3, -0.25) is 0 Å². The molecule has 1 unspecified atom stereocenters. The van der Waals surface area contributed by atoms with Crippen molar-refractivity contribution in [2.45, 2.75) is 52.2 Å². The van der Waals surface area contributed by atoms with Crippen molar-refractivity contribution in [2.24, 2.45) is 5.73 Å². The molecule has 0 aliphatic carbocycles. The normalized spacial score (nSPS) is 12.9. The number of carbonyl (C=O) groups excluding carboxylic acids is 1. The topological polar surface area (TPSA) is 73.6 Å². The maximum atomic E-state index is 11.7. The molecule has 0 saturated heterocycles. The monoisotopic (exact) mass is 308 g/mol. The van der Waals surface area contributed by atoms with E-state index in [2.05, 4.69) is 19.2 Å². The van der Waals surface area contributed by atoms with Crippen LogP contribution in [0, 0.1) is 0 Å². The van der Waals surface area contributed by atoms with Crippen LogP contribution >= 0.6 is 0 Å². The van der Waals surface area contributed by atoms with Gasteiger partial charge in [-0.05, 0) is 38.3 Å². The maximum absolute atomic E-state index is 11.7. The lowest BCUT2D eigenvalue weighted by Crippen LogP contribution is -2.36. The van der Waals surface area contributed by atoms with Gasteiger partial charge < -0.3 is 20.5 Å². The molecule has 1 rings (SSSR count). The Morgan fingerprint density at radius 2 is 1.95 bits per heavy atom. The van der Waals surface area contributed by atoms with Crippen molar-refractivity contribution >= 4 is 6.09 Å². The number of ether oxygens (including phenoxy) is 2. The van der Waals surface area contributed by atoms with Crippen LogP contribution < -0.4 is 15.8 Å². The third kappa shape index (κ3) is 5.56. The third-order valence-electron chi connectivity index (χ3n) is 3.19. The molecule has 124 valence electrons. The minimum atomic E-state index is -0.524. The van der Waals surface area contributed by atoms with Crippen LogP contribution in [-0.4, -0.2) is 25.3 Å². The summed E-state index contributed by atoms with van der Waals surface area (Å²) < 4.78 is 10.6. The van der Waals surface area contributed by atoms with Crippen molar-refractivity contribution in [2.75, 3.05) is 13.7 Å². The van der Waals surface area contributed by atoms with E-state index in [-0.39, 0.29) is 12.6 Å². The van der Waals surface area contributed by atoms with Gasteiger partial charge in [-0.2, -0.15) is 0 Å². The van der Waals surface area contributed by atoms with Gasteiger partial charge in [-0.15, -0.1) is 0 Å². The SMILES string of the molecule is COc1ccc(C(C)C)cc1C(N)CNC(=O)OC(C)(C)C. The van der Waals surface area contributed by atoms with E-state index in [0.29, 0.717) is 5.92 Å². The molecule has 0 fully saturated rings. The molecule has 1 amide bonds. The second-order valence-corrected chi connectivity index (χ2v) is 6.65. The fraction of sp³-hybridized carbons (Fsp3) is 0.588. The highest BCUT2D eigenvalue weighted by Gasteiger charge is 2.18. The van der Waals surface area contributed by atoms with Gasteiger partial charge in [-0.1, -0.05) is 26.0 Å². The number of alkyl carbamates (subject to hydrolysis) is 1. The van der Waals surface area contributed by atoms with Crippen molar-refractivity contribution < 1.29 is 14.3 Å². The van der Waals surface area contributed by atoms with E-state index in [1.807, 2.05) is 39.0 Å². The van der Waals surface area contributed by atoms with Gasteiger partial charge >= 0.3 is 6.09 Å². The number of carbonyl (C=O) groups is 1. The smallest absolute Gasteiger partial charge is 0.407 e. The Hall–Kier alpha value is -1.75. The number of rotatable bonds is 5. The number of nitrogens with one attached hydrogen (secondary N) is 1. The van der Waals surface area contributed by atoms with Crippen LogP contribution in [-0.2, 0) is 4.74 Å². The predicted octanol–water partition coefficient (Wildman–Crippen LogP) is 3.34. The van der Waals surface area contributed by atoms with Crippen LogP contribution in [0.25, 0.3) is 0 Å². The van der Waals surface area contributed by atoms with E-state index in [1.54, 1.807) is 7.11 Å². The van der Waals surface area contributed by atoms with Gasteiger partial charge in [0.2, 0.25) is 0 Å². The van der Waals surface area contributed by atoms with E-state index < -0.39 is 11.7 Å². The number of amides is 1. The van der Waals surface area contributed by atoms with Gasteiger partial charge in [0.15, 0.2) is 0 Å². The summed E-state index contributed by atoms with van der Waals surface area (Å²) in [5, 5.41) is 2.70. The fourth-order valence-corrected chi connectivity index (χ4v) is 2.02. The summed E-state index contributed by atoms with van der Waals surface area (Å²) >= 11 is 0. The molecule has 0 bridgehead atoms. The summed E-state index contributed by atoms with van der Waals surface area (Å²) in [5.74, 6) is 1.12. The molecular weight excluding hydrogens is 280 g/mol. The van der Waals surface area contributed by atoms with E-state index in [4.69, 9.17) is 15.2 Å². The molecule has 0 aliphatic heterocycles. The third-order valence-corrected chi connectivity index (χ3v) is 3.19. The summed E-state index contributed by atoms with van der Waals surface area (Å²) in [7, 11) is 1.61. The molecule has 0 heterocycles. The zero-order valence-corrected chi connectivity index (χ0v) is 14.4. The molecular formula is C17H28N2O3. The summed E-state index contributed by atoms with van der Waals surface area (Å²) in [5.41, 5.74) is 7.74. The first-order valence-electron chi connectivity index (χ1n) is 7.54. The molecule has 1 atom stereocenters. The van der Waals surface area contributed by atoms with Crippen molar-refractivity contribution in [3.05, 3.63) is 29.3 Å². The number of hydrogen-bond acceptors (Lipinski definition) is 4. The molecule has 0 aliphatic rings. The fourth-order valence-electron chi connectivity index (χ4n) is 2.02. The Labute approximate surface area is 133 Å². The highest BCUT2D eigenvalue weighted by atomic mass is 16.6. The molecule has 5 heteroatoms. The molecule has 3 N–H and O–H groups in total. The van der Waals surface area contributed by atoms with Crippen LogP contribution in [0.15, 0.2) is 18.2 Å². The number of benzene rings is 1. The van der Waals surface area contributed by atoms with Crippen molar-refractivity contribution in [1.82, 2.24) is 5.32 Å². The zero-order chi connectivity index (χ0) is 16.9. The molecule has 0 spiro atoms. The maximum Gasteiger partial charge on any atom is 0.407 e. The van der Waals surface area contributed by atoms with Crippen molar-refractivity contribution in [1.29, 1.82) is 0 Å². The number of nitrogens with two attached hydrogens (primary N) is 1. The van der Waals surface area contributed by atoms with E-state index in [1.165, 1.54) is 5.56 Å². The van der Waals surface area contributed by atoms with Crippen LogP contribution in [0.5, 0.6) is 5.75 Å². The zero-order valence-electron chi connectivity index (χ0n) is 14.4. The van der Waals surface area contributed by atoms with Gasteiger partial charge in [0, 0.05) is 12.1 Å². The second kappa shape index (κ2) is 7.49. The Kier molecular flexibility index (Phi) is 6.23. The van der Waals surface area contributed by atoms with Gasteiger partial charge in [0.25, 0.3) is 0 Å². The lowest BCUT2D eigenvalue weighted by Gasteiger charge is -2.22. The predicted molar refractivity (Wildman–Crippen MR) is 88.2 cm³/mol. The van der Waals surface area contributed by atoms with Crippen LogP contribution in [0.2, 0.25) is 0 Å². The lowest BCUT2D eigenvalue weighted by molar-refractivity contribution is 0.0524. The minimum absolute atomic E-state index is 0.285. The van der Waals surface area contributed by atoms with Crippen LogP contribution in [0.1, 0.15) is 57.7 Å². The minimum Gasteiger partial charge on any atom is -0.496 e. The van der Waals surface area contributed by atoms with Crippen LogP contribution in [0.3, 0.4) is 0 Å². The van der Waals surface area contributed by atoms with E-state index in [0.717, 1.165) is 11.3 Å². The largest absolute Gasteiger partial charge is 0.496 e. The van der Waals surface area contributed by atoms with E-state index >= 15 is 0 Å². The Bertz CT molecular complexity index is 507. The lowest BCUT2D eigenvalue weighted by atomic mass is 9.97. The average molecular weight is 308 g/mol. The van der Waals surface area contributed by atoms with Gasteiger partial charge in [-0.25, -0.2) is 4.79 Å². The highest BCUT2D eigenvalue weighted by Crippen LogP contribution is 2.27. The van der Waals surface area contributed by atoms with Gasteiger partial charge in [0.05, 0.1) is 13.2 Å². The molecule has 0 radical (unpaired) electrons. The summed E-state index contributed by atoms with van der Waals surface area (Å²) in [4.78, 5) is 11.7. The molecule has 0 saturated carbocycles. The van der Waals surface area contributed by atoms with Crippen LogP contribution in [0.4, 0.5) is 4.79 Å². The standard InChI is InChI=1S/C17H28N2O3/c1-11(2)12-7-8-15(21-6)13(9-12)14(18)10-19-16(20)22-17(3,4)5/h7-9,11,14H,10,18H2,1-6H3,(H,19,20). The number of hydrogen-bond donors (Lipinski definition) is 2. The Morgan fingerprint density at radius 3 is 2.45 bits per heavy atom. The van der Waals surface area contributed by atoms with Crippen molar-refractivity contribution in [3.8, 4) is 5.75 Å². The van der Waals surface area contributed by atoms with Crippen molar-refractivity contribution in [3.63, 3.8) is 0 Å². The Morgan fingerprint density at radius 1 is 1.32 bits per heavy atom. The molecule has 1 aromatic carbocycles. The highest BCUT2D eigenvalue weighted by molar-refractivity contribution is 5.67. The molecule has 0 aromatic heterocycles. The second-order valence-electron chi connectivity index (χ2n) is 6.65. The van der Waals surface area contributed by atoms with Gasteiger partial charge in [0.1, 0.15) is 11.4 Å². The Balaban J connectivity index is 2.78. The first kappa shape index (κ1) is 18.3. The summed E-state index contributed by atoms with van der Waals surface area (Å²) in [6.45, 7) is 9.99. The first-order valence-corrected chi connectivity index (χ1v) is 7.54. The first-order chi connectivity index (χ1) is 10.1.